The summed E-state index contributed by atoms with van der Waals surface area (Å²) in [5.74, 6) is -0.283. The lowest BCUT2D eigenvalue weighted by atomic mass is 9.87. The number of benzene rings is 3. The molecule has 0 aliphatic heterocycles. The Balaban J connectivity index is 1.76. The summed E-state index contributed by atoms with van der Waals surface area (Å²) in [6.07, 6.45) is 1.04. The minimum Gasteiger partial charge on any atom is -0.455 e. The highest BCUT2D eigenvalue weighted by molar-refractivity contribution is 6.10. The van der Waals surface area contributed by atoms with Crippen LogP contribution in [0.2, 0.25) is 0 Å². The van der Waals surface area contributed by atoms with E-state index in [1.165, 1.54) is 39.7 Å². The van der Waals surface area contributed by atoms with E-state index in [-0.39, 0.29) is 11.2 Å². The molecule has 0 fully saturated rings. The summed E-state index contributed by atoms with van der Waals surface area (Å²) >= 11 is 0. The summed E-state index contributed by atoms with van der Waals surface area (Å²) in [5, 5.41) is 3.20. The number of rotatable bonds is 2. The van der Waals surface area contributed by atoms with Gasteiger partial charge in [0.25, 0.3) is 0 Å². The SMILES string of the molecule is Cc1cc2c(oc3cc(F)ccc32)c(-c2ccc3cc(CC(C)(C)C)ccc3[n+]2C)c1C. The standard InChI is InChI=1S/C29H29FNO/c1-17-13-23-22-10-9-21(30)15-26(22)32-28(23)27(18(17)2)25-12-8-20-14-19(16-29(3,4)5)7-11-24(20)31(25)6/h7-15H,16H2,1-6H3/q+1. The number of furan rings is 1. The highest BCUT2D eigenvalue weighted by Crippen LogP contribution is 2.39. The number of fused-ring (bicyclic) bond motifs is 4. The normalized spacial score (nSPS) is 12.3. The zero-order valence-corrected chi connectivity index (χ0v) is 19.6. The van der Waals surface area contributed by atoms with Crippen molar-refractivity contribution in [2.75, 3.05) is 0 Å². The molecule has 2 heterocycles. The van der Waals surface area contributed by atoms with E-state index < -0.39 is 0 Å². The Labute approximate surface area is 188 Å². The molecule has 2 aromatic heterocycles. The molecule has 5 aromatic rings. The molecule has 0 atom stereocenters. The minimum atomic E-state index is -0.283. The molecular weight excluding hydrogens is 397 g/mol. The zero-order chi connectivity index (χ0) is 22.8. The van der Waals surface area contributed by atoms with E-state index in [9.17, 15) is 4.39 Å². The average molecular weight is 427 g/mol. The van der Waals surface area contributed by atoms with Crippen LogP contribution >= 0.6 is 0 Å². The smallest absolute Gasteiger partial charge is 0.216 e. The first-order valence-corrected chi connectivity index (χ1v) is 11.2. The van der Waals surface area contributed by atoms with Crippen LogP contribution < -0.4 is 4.57 Å². The molecular formula is C29H29FNO+. The summed E-state index contributed by atoms with van der Waals surface area (Å²) in [6, 6.07) is 18.1. The summed E-state index contributed by atoms with van der Waals surface area (Å²) in [5.41, 5.74) is 8.71. The van der Waals surface area contributed by atoms with E-state index in [0.717, 1.165) is 34.0 Å². The van der Waals surface area contributed by atoms with Gasteiger partial charge in [-0.3, -0.25) is 0 Å². The Morgan fingerprint density at radius 1 is 0.906 bits per heavy atom. The van der Waals surface area contributed by atoms with Gasteiger partial charge in [-0.15, -0.1) is 0 Å². The van der Waals surface area contributed by atoms with Gasteiger partial charge in [-0.2, -0.15) is 4.57 Å². The van der Waals surface area contributed by atoms with Gasteiger partial charge in [0.1, 0.15) is 24.0 Å². The molecule has 2 nitrogen and oxygen atoms in total. The number of hydrogen-bond donors (Lipinski definition) is 0. The van der Waals surface area contributed by atoms with Crippen molar-refractivity contribution in [2.24, 2.45) is 12.5 Å². The summed E-state index contributed by atoms with van der Waals surface area (Å²) in [6.45, 7) is 11.1. The van der Waals surface area contributed by atoms with Crippen LogP contribution in [-0.4, -0.2) is 0 Å². The third-order valence-electron chi connectivity index (χ3n) is 6.47. The average Bonchev–Trinajstić information content (AvgIpc) is 3.05. The van der Waals surface area contributed by atoms with E-state index in [4.69, 9.17) is 4.42 Å². The fourth-order valence-corrected chi connectivity index (χ4v) is 4.85. The van der Waals surface area contributed by atoms with Gasteiger partial charge >= 0.3 is 0 Å². The Morgan fingerprint density at radius 2 is 1.69 bits per heavy atom. The highest BCUT2D eigenvalue weighted by Gasteiger charge is 2.24. The number of aryl methyl sites for hydroxylation is 2. The molecule has 162 valence electrons. The first kappa shape index (κ1) is 20.7. The maximum absolute atomic E-state index is 13.9. The molecule has 0 bridgehead atoms. The first-order valence-electron chi connectivity index (χ1n) is 11.2. The van der Waals surface area contributed by atoms with E-state index in [1.54, 1.807) is 0 Å². The van der Waals surface area contributed by atoms with Crippen LogP contribution in [0.3, 0.4) is 0 Å². The fourth-order valence-electron chi connectivity index (χ4n) is 4.85. The number of nitrogens with zero attached hydrogens (tertiary/aromatic N) is 1. The second-order valence-corrected chi connectivity index (χ2v) is 10.2. The molecule has 0 saturated carbocycles. The summed E-state index contributed by atoms with van der Waals surface area (Å²) in [4.78, 5) is 0. The fraction of sp³-hybridized carbons (Fsp3) is 0.276. The Bertz CT molecular complexity index is 1520. The molecule has 0 aliphatic carbocycles. The molecule has 3 heteroatoms. The number of hydrogen-bond acceptors (Lipinski definition) is 1. The van der Waals surface area contributed by atoms with Crippen LogP contribution in [0.25, 0.3) is 44.1 Å². The minimum absolute atomic E-state index is 0.251. The van der Waals surface area contributed by atoms with Gasteiger partial charge in [0.05, 0.1) is 5.56 Å². The number of aromatic nitrogens is 1. The van der Waals surface area contributed by atoms with E-state index in [0.29, 0.717) is 5.58 Å². The number of halogens is 1. The Kier molecular flexibility index (Phi) is 4.63. The van der Waals surface area contributed by atoms with E-state index >= 15 is 0 Å². The van der Waals surface area contributed by atoms with Gasteiger partial charge in [-0.1, -0.05) is 26.8 Å². The Hall–Kier alpha value is -3.20. The van der Waals surface area contributed by atoms with Gasteiger partial charge in [-0.05, 0) is 72.7 Å². The molecule has 0 aliphatic rings. The summed E-state index contributed by atoms with van der Waals surface area (Å²) in [7, 11) is 2.11. The van der Waals surface area contributed by atoms with Crippen LogP contribution in [0.15, 0.2) is 59.0 Å². The van der Waals surface area contributed by atoms with Crippen molar-refractivity contribution in [3.8, 4) is 11.3 Å². The molecule has 5 rings (SSSR count). The second kappa shape index (κ2) is 7.16. The van der Waals surface area contributed by atoms with Crippen molar-refractivity contribution in [3.63, 3.8) is 0 Å². The molecule has 32 heavy (non-hydrogen) atoms. The maximum atomic E-state index is 13.9. The van der Waals surface area contributed by atoms with Crippen LogP contribution in [0.4, 0.5) is 4.39 Å². The first-order chi connectivity index (χ1) is 15.1. The van der Waals surface area contributed by atoms with Crippen molar-refractivity contribution >= 4 is 32.8 Å². The predicted molar refractivity (Wildman–Crippen MR) is 130 cm³/mol. The largest absolute Gasteiger partial charge is 0.455 e. The molecule has 0 N–H and O–H groups in total. The van der Waals surface area contributed by atoms with Gasteiger partial charge < -0.3 is 4.42 Å². The van der Waals surface area contributed by atoms with E-state index in [2.05, 4.69) is 82.6 Å². The second-order valence-electron chi connectivity index (χ2n) is 10.2. The van der Waals surface area contributed by atoms with Crippen LogP contribution in [0, 0.1) is 25.1 Å². The zero-order valence-electron chi connectivity index (χ0n) is 19.6. The number of pyridine rings is 1. The summed E-state index contributed by atoms with van der Waals surface area (Å²) < 4.78 is 22.3. The van der Waals surface area contributed by atoms with Crippen LogP contribution in [-0.2, 0) is 13.5 Å². The highest BCUT2D eigenvalue weighted by atomic mass is 19.1. The van der Waals surface area contributed by atoms with Gasteiger partial charge in [0.15, 0.2) is 0 Å². The van der Waals surface area contributed by atoms with Crippen LogP contribution in [0.1, 0.15) is 37.5 Å². The third kappa shape index (κ3) is 3.37. The van der Waals surface area contributed by atoms with E-state index in [1.807, 2.05) is 6.07 Å². The maximum Gasteiger partial charge on any atom is 0.216 e. The van der Waals surface area contributed by atoms with Crippen molar-refractivity contribution in [2.45, 2.75) is 41.0 Å². The quantitative estimate of drug-likeness (QED) is 0.266. The topological polar surface area (TPSA) is 17.0 Å². The molecule has 0 amide bonds. The molecule has 0 unspecified atom stereocenters. The van der Waals surface area contributed by atoms with Gasteiger partial charge in [0, 0.05) is 34.4 Å². The Morgan fingerprint density at radius 3 is 2.44 bits per heavy atom. The van der Waals surface area contributed by atoms with Crippen molar-refractivity contribution < 1.29 is 13.4 Å². The lowest BCUT2D eigenvalue weighted by molar-refractivity contribution is -0.633. The van der Waals surface area contributed by atoms with Crippen molar-refractivity contribution in [3.05, 3.63) is 77.1 Å². The predicted octanol–water partition coefficient (Wildman–Crippen LogP) is 7.58. The van der Waals surface area contributed by atoms with Crippen LogP contribution in [0.5, 0.6) is 0 Å². The van der Waals surface area contributed by atoms with Crippen molar-refractivity contribution in [1.29, 1.82) is 0 Å². The van der Waals surface area contributed by atoms with Gasteiger partial charge in [0.2, 0.25) is 11.2 Å². The monoisotopic (exact) mass is 426 g/mol. The molecule has 0 saturated heterocycles. The van der Waals surface area contributed by atoms with Gasteiger partial charge in [-0.25, -0.2) is 4.39 Å². The van der Waals surface area contributed by atoms with Crippen molar-refractivity contribution in [1.82, 2.24) is 0 Å². The molecule has 3 aromatic carbocycles. The molecule has 0 spiro atoms. The lowest BCUT2D eigenvalue weighted by Gasteiger charge is -2.18. The molecule has 0 radical (unpaired) electrons. The third-order valence-corrected chi connectivity index (χ3v) is 6.47. The lowest BCUT2D eigenvalue weighted by Crippen LogP contribution is -2.32.